The fourth-order valence-electron chi connectivity index (χ4n) is 2.71. The summed E-state index contributed by atoms with van der Waals surface area (Å²) in [6.07, 6.45) is 2.16. The van der Waals surface area contributed by atoms with Gasteiger partial charge in [-0.2, -0.15) is 0 Å². The maximum absolute atomic E-state index is 12.1. The van der Waals surface area contributed by atoms with Crippen LogP contribution in [-0.2, 0) is 9.59 Å². The van der Waals surface area contributed by atoms with E-state index in [0.29, 0.717) is 42.9 Å². The molecule has 1 aromatic rings. The Hall–Kier alpha value is -2.08. The number of carbonyl (C=O) groups excluding carboxylic acids is 2. The molecule has 1 saturated heterocycles. The van der Waals surface area contributed by atoms with Crippen molar-refractivity contribution in [3.8, 4) is 0 Å². The number of amides is 2. The molecule has 2 N–H and O–H groups in total. The number of piperidine rings is 1. The predicted molar refractivity (Wildman–Crippen MR) is 90.0 cm³/mol. The van der Waals surface area contributed by atoms with Crippen LogP contribution in [0.5, 0.6) is 0 Å². The largest absolute Gasteiger partial charge is 0.481 e. The number of halogens is 1. The summed E-state index contributed by atoms with van der Waals surface area (Å²) in [6, 6.07) is 6.58. The van der Waals surface area contributed by atoms with Crippen LogP contribution in [0, 0.1) is 5.92 Å². The van der Waals surface area contributed by atoms with E-state index in [9.17, 15) is 14.4 Å². The Kier molecular flexibility index (Phi) is 6.61. The Morgan fingerprint density at radius 2 is 1.96 bits per heavy atom. The number of rotatable bonds is 6. The van der Waals surface area contributed by atoms with Gasteiger partial charge in [0.2, 0.25) is 5.91 Å². The third-order valence-electron chi connectivity index (χ3n) is 4.08. The van der Waals surface area contributed by atoms with E-state index < -0.39 is 11.9 Å². The number of aliphatic carboxylic acids is 1. The minimum atomic E-state index is -0.845. The summed E-state index contributed by atoms with van der Waals surface area (Å²) in [7, 11) is 0. The Morgan fingerprint density at radius 3 is 2.62 bits per heavy atom. The van der Waals surface area contributed by atoms with Crippen LogP contribution in [0.3, 0.4) is 0 Å². The highest BCUT2D eigenvalue weighted by Gasteiger charge is 2.27. The Morgan fingerprint density at radius 1 is 1.25 bits per heavy atom. The van der Waals surface area contributed by atoms with E-state index in [0.717, 1.165) is 6.42 Å². The van der Waals surface area contributed by atoms with Gasteiger partial charge in [0.15, 0.2) is 0 Å². The van der Waals surface area contributed by atoms with Gasteiger partial charge in [-0.25, -0.2) is 0 Å². The number of hydrogen-bond donors (Lipinski definition) is 2. The van der Waals surface area contributed by atoms with Gasteiger partial charge in [-0.05, 0) is 43.5 Å². The van der Waals surface area contributed by atoms with Gasteiger partial charge < -0.3 is 15.3 Å². The molecule has 1 heterocycles. The number of likely N-dealkylation sites (tertiary alicyclic amines) is 1. The third kappa shape index (κ3) is 5.23. The first-order chi connectivity index (χ1) is 11.5. The lowest BCUT2D eigenvalue weighted by Crippen LogP contribution is -2.42. The van der Waals surface area contributed by atoms with Crippen LogP contribution >= 0.6 is 11.6 Å². The molecule has 6 nitrogen and oxygen atoms in total. The first-order valence-electron chi connectivity index (χ1n) is 8.01. The summed E-state index contributed by atoms with van der Waals surface area (Å²) < 4.78 is 0. The van der Waals surface area contributed by atoms with Crippen molar-refractivity contribution < 1.29 is 19.5 Å². The van der Waals surface area contributed by atoms with Gasteiger partial charge in [-0.1, -0.05) is 11.6 Å². The molecule has 1 aromatic carbocycles. The third-order valence-corrected chi connectivity index (χ3v) is 4.33. The maximum Gasteiger partial charge on any atom is 0.308 e. The zero-order valence-electron chi connectivity index (χ0n) is 13.3. The Bertz CT molecular complexity index is 603. The summed E-state index contributed by atoms with van der Waals surface area (Å²) >= 11 is 5.77. The van der Waals surface area contributed by atoms with Gasteiger partial charge in [0.05, 0.1) is 5.92 Å². The van der Waals surface area contributed by atoms with Crippen molar-refractivity contribution in [2.45, 2.75) is 25.7 Å². The molecule has 7 heteroatoms. The van der Waals surface area contributed by atoms with Crippen molar-refractivity contribution in [2.75, 3.05) is 19.6 Å². The molecule has 1 atom stereocenters. The molecule has 0 radical (unpaired) electrons. The molecule has 1 unspecified atom stereocenters. The zero-order valence-corrected chi connectivity index (χ0v) is 14.1. The van der Waals surface area contributed by atoms with Crippen molar-refractivity contribution in [3.05, 3.63) is 34.9 Å². The molecule has 1 aliphatic heterocycles. The van der Waals surface area contributed by atoms with E-state index in [-0.39, 0.29) is 18.4 Å². The van der Waals surface area contributed by atoms with E-state index >= 15 is 0 Å². The van der Waals surface area contributed by atoms with Crippen molar-refractivity contribution >= 4 is 29.4 Å². The molecular formula is C17H21ClN2O4. The van der Waals surface area contributed by atoms with Gasteiger partial charge in [0.25, 0.3) is 5.91 Å². The number of nitrogens with zero attached hydrogens (tertiary/aromatic N) is 1. The van der Waals surface area contributed by atoms with Gasteiger partial charge in [-0.3, -0.25) is 14.4 Å². The Balaban J connectivity index is 1.70. The number of carboxylic acids is 1. The van der Waals surface area contributed by atoms with E-state index in [1.165, 1.54) is 0 Å². The van der Waals surface area contributed by atoms with Gasteiger partial charge >= 0.3 is 5.97 Å². The fraction of sp³-hybridized carbons (Fsp3) is 0.471. The second-order valence-electron chi connectivity index (χ2n) is 5.88. The second-order valence-corrected chi connectivity index (χ2v) is 6.32. The van der Waals surface area contributed by atoms with Gasteiger partial charge in [0, 0.05) is 36.6 Å². The quantitative estimate of drug-likeness (QED) is 0.768. The van der Waals surface area contributed by atoms with E-state index in [4.69, 9.17) is 16.7 Å². The molecule has 1 fully saturated rings. The number of nitrogens with one attached hydrogen (secondary N) is 1. The highest BCUT2D eigenvalue weighted by molar-refractivity contribution is 6.30. The minimum Gasteiger partial charge on any atom is -0.481 e. The second kappa shape index (κ2) is 8.68. The van der Waals surface area contributed by atoms with Crippen LogP contribution in [0.1, 0.15) is 36.0 Å². The van der Waals surface area contributed by atoms with Crippen LogP contribution in [0.25, 0.3) is 0 Å². The van der Waals surface area contributed by atoms with Crippen molar-refractivity contribution in [3.63, 3.8) is 0 Å². The van der Waals surface area contributed by atoms with Crippen molar-refractivity contribution in [1.82, 2.24) is 10.2 Å². The molecule has 2 amide bonds. The number of carboxylic acid groups (broad SMARTS) is 1. The standard InChI is InChI=1S/C17H21ClN2O4/c18-14-7-5-12(6-8-14)16(22)19-9-1-4-15(21)20-10-2-3-13(11-20)17(23)24/h5-8,13H,1-4,9-11H2,(H,19,22)(H,23,24). The fourth-order valence-corrected chi connectivity index (χ4v) is 2.83. The van der Waals surface area contributed by atoms with E-state index in [2.05, 4.69) is 5.32 Å². The van der Waals surface area contributed by atoms with Gasteiger partial charge in [-0.15, -0.1) is 0 Å². The van der Waals surface area contributed by atoms with Crippen LogP contribution < -0.4 is 5.32 Å². The molecule has 0 spiro atoms. The molecule has 24 heavy (non-hydrogen) atoms. The molecule has 1 aliphatic rings. The SMILES string of the molecule is O=C(NCCCC(=O)N1CCCC(C(=O)O)C1)c1ccc(Cl)cc1. The molecule has 2 rings (SSSR count). The van der Waals surface area contributed by atoms with Crippen LogP contribution in [0.15, 0.2) is 24.3 Å². The number of benzene rings is 1. The number of hydrogen-bond acceptors (Lipinski definition) is 3. The number of carbonyl (C=O) groups is 3. The average Bonchev–Trinajstić information content (AvgIpc) is 2.59. The lowest BCUT2D eigenvalue weighted by molar-refractivity contribution is -0.145. The summed E-state index contributed by atoms with van der Waals surface area (Å²) in [5.74, 6) is -1.57. The lowest BCUT2D eigenvalue weighted by Gasteiger charge is -2.30. The van der Waals surface area contributed by atoms with Crippen LogP contribution in [-0.4, -0.2) is 47.4 Å². The maximum atomic E-state index is 12.1. The minimum absolute atomic E-state index is 0.0540. The molecule has 0 aliphatic carbocycles. The lowest BCUT2D eigenvalue weighted by atomic mass is 9.98. The average molecular weight is 353 g/mol. The molecule has 0 saturated carbocycles. The summed E-state index contributed by atoms with van der Waals surface area (Å²) in [5, 5.41) is 12.4. The van der Waals surface area contributed by atoms with Gasteiger partial charge in [0.1, 0.15) is 0 Å². The smallest absolute Gasteiger partial charge is 0.308 e. The summed E-state index contributed by atoms with van der Waals surface area (Å²) in [5.41, 5.74) is 0.519. The highest BCUT2D eigenvalue weighted by Crippen LogP contribution is 2.17. The summed E-state index contributed by atoms with van der Waals surface area (Å²) in [6.45, 7) is 1.29. The predicted octanol–water partition coefficient (Wildman–Crippen LogP) is 2.17. The molecule has 0 bridgehead atoms. The molecular weight excluding hydrogens is 332 g/mol. The zero-order chi connectivity index (χ0) is 17.5. The normalized spacial score (nSPS) is 17.4. The topological polar surface area (TPSA) is 86.7 Å². The highest BCUT2D eigenvalue weighted by atomic mass is 35.5. The molecule has 130 valence electrons. The molecule has 0 aromatic heterocycles. The monoisotopic (exact) mass is 352 g/mol. The Labute approximate surface area is 145 Å². The van der Waals surface area contributed by atoms with Crippen LogP contribution in [0.2, 0.25) is 5.02 Å². The van der Waals surface area contributed by atoms with Crippen molar-refractivity contribution in [2.24, 2.45) is 5.92 Å². The first kappa shape index (κ1) is 18.3. The van der Waals surface area contributed by atoms with E-state index in [1.807, 2.05) is 0 Å². The summed E-state index contributed by atoms with van der Waals surface area (Å²) in [4.78, 5) is 36.7. The van der Waals surface area contributed by atoms with Crippen LogP contribution in [0.4, 0.5) is 0 Å². The van der Waals surface area contributed by atoms with Crippen molar-refractivity contribution in [1.29, 1.82) is 0 Å². The first-order valence-corrected chi connectivity index (χ1v) is 8.39. The van der Waals surface area contributed by atoms with E-state index in [1.54, 1.807) is 29.2 Å².